The number of benzene rings is 1. The van der Waals surface area contributed by atoms with Gasteiger partial charge < -0.3 is 0 Å². The summed E-state index contributed by atoms with van der Waals surface area (Å²) in [6.45, 7) is 0.859. The Morgan fingerprint density at radius 1 is 0.941 bits per heavy atom. The van der Waals surface area contributed by atoms with Gasteiger partial charge in [0.25, 0.3) is 0 Å². The molecule has 0 atom stereocenters. The molecule has 0 saturated heterocycles. The van der Waals surface area contributed by atoms with E-state index >= 15 is 0 Å². The van der Waals surface area contributed by atoms with Crippen LogP contribution in [0.2, 0.25) is 0 Å². The third-order valence-electron chi connectivity index (χ3n) is 2.07. The molecule has 6 heteroatoms. The average Bonchev–Trinajstić information content (AvgIpc) is 2.15. The molecule has 0 N–H and O–H groups in total. The summed E-state index contributed by atoms with van der Waals surface area (Å²) in [5.41, 5.74) is -1.68. The van der Waals surface area contributed by atoms with Crippen LogP contribution in [0.1, 0.15) is 18.1 Å². The number of allylic oxidation sites excluding steroid dienone is 1. The fourth-order valence-corrected chi connectivity index (χ4v) is 1.10. The summed E-state index contributed by atoms with van der Waals surface area (Å²) in [4.78, 5) is 0. The van der Waals surface area contributed by atoms with Crippen LogP contribution in [-0.4, -0.2) is 6.18 Å². The number of rotatable bonds is 1. The van der Waals surface area contributed by atoms with Gasteiger partial charge in [-0.05, 0) is 30.7 Å². The van der Waals surface area contributed by atoms with Gasteiger partial charge in [-0.2, -0.15) is 26.3 Å². The third-order valence-corrected chi connectivity index (χ3v) is 2.07. The van der Waals surface area contributed by atoms with Gasteiger partial charge in [-0.1, -0.05) is 12.1 Å². The topological polar surface area (TPSA) is 0 Å². The van der Waals surface area contributed by atoms with Crippen LogP contribution < -0.4 is 0 Å². The highest BCUT2D eigenvalue weighted by molar-refractivity contribution is 5.54. The fraction of sp³-hybridized carbons (Fsp3) is 0.273. The van der Waals surface area contributed by atoms with E-state index in [1.165, 1.54) is 0 Å². The largest absolute Gasteiger partial charge is 0.416 e. The summed E-state index contributed by atoms with van der Waals surface area (Å²) in [6.07, 6.45) is -8.16. The van der Waals surface area contributed by atoms with E-state index in [1.54, 1.807) is 0 Å². The van der Waals surface area contributed by atoms with E-state index in [0.29, 0.717) is 0 Å². The van der Waals surface area contributed by atoms with Gasteiger partial charge in [0.1, 0.15) is 0 Å². The van der Waals surface area contributed by atoms with Gasteiger partial charge in [-0.3, -0.25) is 0 Å². The lowest BCUT2D eigenvalue weighted by Gasteiger charge is -2.08. The smallest absolute Gasteiger partial charge is 0.166 e. The van der Waals surface area contributed by atoms with Crippen molar-refractivity contribution in [1.29, 1.82) is 0 Å². The van der Waals surface area contributed by atoms with Crippen molar-refractivity contribution >= 4 is 6.08 Å². The second-order valence-electron chi connectivity index (χ2n) is 3.44. The predicted molar refractivity (Wildman–Crippen MR) is 51.2 cm³/mol. The van der Waals surface area contributed by atoms with Crippen molar-refractivity contribution in [2.45, 2.75) is 19.3 Å². The van der Waals surface area contributed by atoms with Gasteiger partial charge in [0.2, 0.25) is 0 Å². The van der Waals surface area contributed by atoms with Crippen LogP contribution in [-0.2, 0) is 6.18 Å². The van der Waals surface area contributed by atoms with E-state index in [2.05, 4.69) is 0 Å². The van der Waals surface area contributed by atoms with E-state index in [9.17, 15) is 26.3 Å². The molecule has 0 saturated carbocycles. The predicted octanol–water partition coefficient (Wildman–Crippen LogP) is 4.67. The monoisotopic (exact) mass is 254 g/mol. The maximum absolute atomic E-state index is 12.2. The molecule has 0 aliphatic carbocycles. The second-order valence-corrected chi connectivity index (χ2v) is 3.44. The number of hydrogen-bond acceptors (Lipinski definition) is 0. The first-order valence-electron chi connectivity index (χ1n) is 4.53. The highest BCUT2D eigenvalue weighted by atomic mass is 19.4. The summed E-state index contributed by atoms with van der Waals surface area (Å²) >= 11 is 0. The van der Waals surface area contributed by atoms with Crippen LogP contribution >= 0.6 is 0 Å². The van der Waals surface area contributed by atoms with Gasteiger partial charge in [0, 0.05) is 5.57 Å². The molecule has 17 heavy (non-hydrogen) atoms. The minimum atomic E-state index is -4.48. The van der Waals surface area contributed by atoms with Crippen molar-refractivity contribution in [2.75, 3.05) is 0 Å². The molecule has 1 aromatic rings. The molecule has 0 nitrogen and oxygen atoms in total. The van der Waals surface area contributed by atoms with Crippen LogP contribution in [0.15, 0.2) is 29.8 Å². The molecule has 1 aromatic carbocycles. The number of hydrogen-bond donors (Lipinski definition) is 0. The Balaban J connectivity index is 2.97. The molecule has 0 amide bonds. The number of halogens is 6. The van der Waals surface area contributed by atoms with Crippen molar-refractivity contribution in [3.63, 3.8) is 0 Å². The van der Waals surface area contributed by atoms with E-state index in [0.717, 1.165) is 37.3 Å². The van der Waals surface area contributed by atoms with Crippen molar-refractivity contribution in [3.8, 4) is 0 Å². The van der Waals surface area contributed by atoms with Crippen LogP contribution in [0.4, 0.5) is 26.3 Å². The Morgan fingerprint density at radius 3 is 1.76 bits per heavy atom. The molecule has 0 radical (unpaired) electrons. The van der Waals surface area contributed by atoms with Crippen molar-refractivity contribution in [2.24, 2.45) is 0 Å². The first-order chi connectivity index (χ1) is 7.60. The minimum Gasteiger partial charge on any atom is -0.166 e. The Bertz CT molecular complexity index is 407. The molecule has 0 bridgehead atoms. The highest BCUT2D eigenvalue weighted by Crippen LogP contribution is 2.30. The van der Waals surface area contributed by atoms with Crippen LogP contribution in [0.3, 0.4) is 0 Å². The van der Waals surface area contributed by atoms with Crippen molar-refractivity contribution < 1.29 is 26.3 Å². The van der Waals surface area contributed by atoms with Gasteiger partial charge in [-0.15, -0.1) is 0 Å². The zero-order valence-electron chi connectivity index (χ0n) is 8.65. The third kappa shape index (κ3) is 3.80. The standard InChI is InChI=1S/C11H8F6/c1-7(10(12,13)14)6-8-2-4-9(5-3-8)11(15,16)17/h2-6H,1H3/b7-6+. The minimum absolute atomic E-state index is 0.0767. The van der Waals surface area contributed by atoms with Gasteiger partial charge in [0.15, 0.2) is 0 Å². The average molecular weight is 254 g/mol. The number of alkyl halides is 6. The van der Waals surface area contributed by atoms with Gasteiger partial charge in [-0.25, -0.2) is 0 Å². The summed E-state index contributed by atoms with van der Waals surface area (Å²) in [7, 11) is 0. The van der Waals surface area contributed by atoms with Crippen LogP contribution in [0.5, 0.6) is 0 Å². The zero-order valence-corrected chi connectivity index (χ0v) is 8.65. The van der Waals surface area contributed by atoms with Crippen LogP contribution in [0.25, 0.3) is 6.08 Å². The van der Waals surface area contributed by atoms with Gasteiger partial charge >= 0.3 is 12.4 Å². The normalized spacial score (nSPS) is 13.9. The van der Waals surface area contributed by atoms with Crippen LogP contribution in [0, 0.1) is 0 Å². The lowest BCUT2D eigenvalue weighted by atomic mass is 10.1. The molecular weight excluding hydrogens is 246 g/mol. The Labute approximate surface area is 93.6 Å². The Kier molecular flexibility index (Phi) is 3.54. The fourth-order valence-electron chi connectivity index (χ4n) is 1.10. The van der Waals surface area contributed by atoms with Crippen molar-refractivity contribution in [1.82, 2.24) is 0 Å². The molecule has 0 aliphatic heterocycles. The SMILES string of the molecule is C/C(=C\c1ccc(C(F)(F)F)cc1)C(F)(F)F. The van der Waals surface area contributed by atoms with Gasteiger partial charge in [0.05, 0.1) is 5.56 Å². The Morgan fingerprint density at radius 2 is 1.41 bits per heavy atom. The Hall–Kier alpha value is -1.46. The first kappa shape index (κ1) is 13.6. The maximum Gasteiger partial charge on any atom is 0.416 e. The second kappa shape index (κ2) is 4.43. The summed E-state index contributed by atoms with van der Waals surface area (Å²) in [6, 6.07) is 3.49. The quantitative estimate of drug-likeness (QED) is 0.639. The highest BCUT2D eigenvalue weighted by Gasteiger charge is 2.31. The van der Waals surface area contributed by atoms with Crippen molar-refractivity contribution in [3.05, 3.63) is 41.0 Å². The summed E-state index contributed by atoms with van der Waals surface area (Å²) < 4.78 is 73.0. The summed E-state index contributed by atoms with van der Waals surface area (Å²) in [5.74, 6) is 0. The summed E-state index contributed by atoms with van der Waals surface area (Å²) in [5, 5.41) is 0. The zero-order chi connectivity index (χ0) is 13.3. The lowest BCUT2D eigenvalue weighted by molar-refractivity contribution is -0.137. The van der Waals surface area contributed by atoms with E-state index in [-0.39, 0.29) is 5.56 Å². The molecule has 0 aromatic heterocycles. The lowest BCUT2D eigenvalue weighted by Crippen LogP contribution is -2.08. The molecule has 0 spiro atoms. The molecule has 0 aliphatic rings. The molecule has 1 rings (SSSR count). The molecule has 0 fully saturated rings. The molecule has 0 unspecified atom stereocenters. The first-order valence-corrected chi connectivity index (χ1v) is 4.53. The maximum atomic E-state index is 12.2. The van der Waals surface area contributed by atoms with E-state index in [1.807, 2.05) is 0 Å². The van der Waals surface area contributed by atoms with E-state index in [4.69, 9.17) is 0 Å². The van der Waals surface area contributed by atoms with E-state index < -0.39 is 23.5 Å². The molecular formula is C11H8F6. The molecule has 0 heterocycles. The molecule has 94 valence electrons.